The molecule has 1 N–H and O–H groups in total. The van der Waals surface area contributed by atoms with Gasteiger partial charge >= 0.3 is 13.9 Å². The van der Waals surface area contributed by atoms with E-state index in [-0.39, 0.29) is 6.61 Å². The van der Waals surface area contributed by atoms with Crippen molar-refractivity contribution in [2.75, 3.05) is 20.8 Å². The number of carbonyl (C=O) groups is 1. The molecule has 0 bridgehead atoms. The molecule has 0 radical (unpaired) electrons. The summed E-state index contributed by atoms with van der Waals surface area (Å²) in [6, 6.07) is 14.6. The van der Waals surface area contributed by atoms with E-state index in [9.17, 15) is 9.36 Å². The molecule has 0 aliphatic rings. The van der Waals surface area contributed by atoms with Gasteiger partial charge in [-0.1, -0.05) is 48.5 Å². The molecule has 0 aliphatic carbocycles. The number of ether oxygens (including phenoxy) is 1. The number of hydrogen-bond donors (Lipinski definition) is 1. The number of hydrogen-bond acceptors (Lipinski definition) is 7. The Morgan fingerprint density at radius 3 is 2.32 bits per heavy atom. The molecular weight excluding hydrogens is 533 g/mol. The van der Waals surface area contributed by atoms with E-state index in [0.717, 1.165) is 16.9 Å². The van der Waals surface area contributed by atoms with Crippen LogP contribution in [-0.4, -0.2) is 38.1 Å². The van der Waals surface area contributed by atoms with Crippen LogP contribution in [0.5, 0.6) is 0 Å². The molecule has 0 fully saturated rings. The van der Waals surface area contributed by atoms with Gasteiger partial charge in [-0.25, -0.2) is 9.36 Å². The maximum absolute atomic E-state index is 12.5. The van der Waals surface area contributed by atoms with E-state index in [1.54, 1.807) is 39.5 Å². The number of amides is 1. The maximum atomic E-state index is 12.5. The topological polar surface area (TPSA) is 83.1 Å². The summed E-state index contributed by atoms with van der Waals surface area (Å²) in [5.41, 5.74) is 0.757. The number of rotatable bonds is 13. The van der Waals surface area contributed by atoms with Gasteiger partial charge < -0.3 is 10.1 Å². The molecule has 0 aromatic heterocycles. The van der Waals surface area contributed by atoms with Gasteiger partial charge in [0.1, 0.15) is 5.60 Å². The lowest BCUT2D eigenvalue weighted by Crippen LogP contribution is -2.51. The summed E-state index contributed by atoms with van der Waals surface area (Å²) >= 11 is 8.30. The van der Waals surface area contributed by atoms with Crippen molar-refractivity contribution in [1.29, 1.82) is 0 Å². The molecule has 1 unspecified atom stereocenters. The van der Waals surface area contributed by atoms with E-state index >= 15 is 0 Å². The van der Waals surface area contributed by atoms with Crippen molar-refractivity contribution in [2.45, 2.75) is 81.2 Å². The Labute approximate surface area is 230 Å². The summed E-state index contributed by atoms with van der Waals surface area (Å²) in [7, 11) is -1.23. The highest BCUT2D eigenvalue weighted by molar-refractivity contribution is 7.99. The van der Waals surface area contributed by atoms with Gasteiger partial charge in [0.2, 0.25) is 0 Å². The average Bonchev–Trinajstić information content (AvgIpc) is 2.83. The number of alkyl carbamates (subject to hydrolysis) is 1. The average molecular weight is 572 g/mol. The third-order valence-corrected chi connectivity index (χ3v) is 8.20. The monoisotopic (exact) mass is 571 g/mol. The van der Waals surface area contributed by atoms with Gasteiger partial charge in [-0.15, -0.1) is 0 Å². The van der Waals surface area contributed by atoms with Crippen molar-refractivity contribution in [3.05, 3.63) is 58.6 Å². The van der Waals surface area contributed by atoms with Crippen LogP contribution < -0.4 is 5.32 Å². The third kappa shape index (κ3) is 11.0. The SMILES string of the molecule is CCc1cccc(Sc2ccc(CCCC(C)(COP(=O)(OC)OC)NC(=O)OC(C)(C)C)c(Cl)c2)c1. The van der Waals surface area contributed by atoms with Crippen LogP contribution in [0.15, 0.2) is 52.3 Å². The zero-order chi connectivity index (χ0) is 27.7. The number of benzene rings is 2. The summed E-state index contributed by atoms with van der Waals surface area (Å²) < 4.78 is 33.0. The van der Waals surface area contributed by atoms with E-state index in [1.165, 1.54) is 24.7 Å². The largest absolute Gasteiger partial charge is 0.474 e. The molecular formula is C27H39ClNO6PS. The fourth-order valence-electron chi connectivity index (χ4n) is 3.55. The number of phosphoric ester groups is 1. The molecule has 0 saturated carbocycles. The molecule has 2 aromatic rings. The third-order valence-electron chi connectivity index (χ3n) is 5.53. The Bertz CT molecular complexity index is 1080. The number of carbonyl (C=O) groups excluding carboxylic acids is 1. The number of phosphoric acid groups is 1. The van der Waals surface area contributed by atoms with Gasteiger partial charge in [-0.2, -0.15) is 0 Å². The molecule has 0 aliphatic heterocycles. The minimum atomic E-state index is -3.72. The first-order valence-corrected chi connectivity index (χ1v) is 14.9. The van der Waals surface area contributed by atoms with E-state index < -0.39 is 25.1 Å². The molecule has 1 atom stereocenters. The number of nitrogens with one attached hydrogen (secondary N) is 1. The highest BCUT2D eigenvalue weighted by Crippen LogP contribution is 2.48. The molecule has 0 saturated heterocycles. The zero-order valence-corrected chi connectivity index (χ0v) is 25.2. The normalized spacial score (nSPS) is 13.7. The van der Waals surface area contributed by atoms with Crippen LogP contribution in [0.3, 0.4) is 0 Å². The molecule has 37 heavy (non-hydrogen) atoms. The van der Waals surface area contributed by atoms with Crippen molar-refractivity contribution in [3.8, 4) is 0 Å². The predicted molar refractivity (Wildman–Crippen MR) is 150 cm³/mol. The maximum Gasteiger partial charge on any atom is 0.474 e. The Kier molecular flexibility index (Phi) is 12.0. The molecule has 2 rings (SSSR count). The van der Waals surface area contributed by atoms with Crippen LogP contribution in [0.1, 0.15) is 58.6 Å². The fourth-order valence-corrected chi connectivity index (χ4v) is 5.64. The smallest absolute Gasteiger partial charge is 0.444 e. The van der Waals surface area contributed by atoms with Gasteiger partial charge in [0.15, 0.2) is 0 Å². The first kappa shape index (κ1) is 31.7. The first-order valence-electron chi connectivity index (χ1n) is 12.2. The molecule has 1 amide bonds. The molecule has 10 heteroatoms. The highest BCUT2D eigenvalue weighted by atomic mass is 35.5. The second kappa shape index (κ2) is 14.0. The van der Waals surface area contributed by atoms with Gasteiger partial charge in [-0.05, 0) is 88.8 Å². The summed E-state index contributed by atoms with van der Waals surface area (Å²) in [5.74, 6) is 0. The standard InChI is InChI=1S/C27H39ClNO6PS/c1-8-20-11-9-13-22(17-20)37-23-15-14-21(24(28)18-23)12-10-16-27(5,19-34-36(31,32-6)33-7)29-25(30)35-26(2,3)4/h9,11,13-15,17-18H,8,10,12,16,19H2,1-7H3,(H,29,30). The van der Waals surface area contributed by atoms with Crippen LogP contribution in [0.4, 0.5) is 4.79 Å². The van der Waals surface area contributed by atoms with Crippen molar-refractivity contribution < 1.29 is 27.7 Å². The molecule has 206 valence electrons. The molecule has 2 aromatic carbocycles. The summed E-state index contributed by atoms with van der Waals surface area (Å²) in [5, 5.41) is 3.56. The minimum absolute atomic E-state index is 0.0919. The Balaban J connectivity index is 2.06. The lowest BCUT2D eigenvalue weighted by molar-refractivity contribution is 0.0386. The van der Waals surface area contributed by atoms with E-state index in [2.05, 4.69) is 42.6 Å². The Hall–Kier alpha value is -1.54. The van der Waals surface area contributed by atoms with Crippen LogP contribution in [0.25, 0.3) is 0 Å². The Morgan fingerprint density at radius 2 is 1.73 bits per heavy atom. The lowest BCUT2D eigenvalue weighted by Gasteiger charge is -2.32. The minimum Gasteiger partial charge on any atom is -0.444 e. The number of aryl methyl sites for hydroxylation is 2. The van der Waals surface area contributed by atoms with E-state index in [0.29, 0.717) is 24.3 Å². The summed E-state index contributed by atoms with van der Waals surface area (Å²) in [6.45, 7) is 9.21. The molecule has 7 nitrogen and oxygen atoms in total. The highest BCUT2D eigenvalue weighted by Gasteiger charge is 2.33. The van der Waals surface area contributed by atoms with Gasteiger partial charge in [-0.3, -0.25) is 13.6 Å². The van der Waals surface area contributed by atoms with Gasteiger partial charge in [0.05, 0.1) is 12.1 Å². The van der Waals surface area contributed by atoms with Crippen LogP contribution in [0, 0.1) is 0 Å². The van der Waals surface area contributed by atoms with Crippen molar-refractivity contribution in [1.82, 2.24) is 5.32 Å². The Morgan fingerprint density at radius 1 is 1.05 bits per heavy atom. The quantitative estimate of drug-likeness (QED) is 0.243. The number of halogens is 1. The van der Waals surface area contributed by atoms with Crippen molar-refractivity contribution >= 4 is 37.3 Å². The van der Waals surface area contributed by atoms with Crippen LogP contribution in [-0.2, 0) is 35.7 Å². The van der Waals surface area contributed by atoms with Crippen LogP contribution >= 0.6 is 31.2 Å². The van der Waals surface area contributed by atoms with Gasteiger partial charge in [0, 0.05) is 29.0 Å². The molecule has 0 heterocycles. The zero-order valence-electron chi connectivity index (χ0n) is 22.8. The second-order valence-electron chi connectivity index (χ2n) is 9.98. The van der Waals surface area contributed by atoms with Crippen molar-refractivity contribution in [2.24, 2.45) is 0 Å². The van der Waals surface area contributed by atoms with E-state index in [1.807, 2.05) is 12.1 Å². The van der Waals surface area contributed by atoms with Crippen molar-refractivity contribution in [3.63, 3.8) is 0 Å². The summed E-state index contributed by atoms with van der Waals surface area (Å²) in [6.07, 6.45) is 2.29. The first-order chi connectivity index (χ1) is 17.3. The predicted octanol–water partition coefficient (Wildman–Crippen LogP) is 8.08. The van der Waals surface area contributed by atoms with Gasteiger partial charge in [0.25, 0.3) is 0 Å². The lowest BCUT2D eigenvalue weighted by atomic mass is 9.94. The second-order valence-corrected chi connectivity index (χ2v) is 13.4. The fraction of sp³-hybridized carbons (Fsp3) is 0.519. The van der Waals surface area contributed by atoms with Crippen LogP contribution in [0.2, 0.25) is 5.02 Å². The van der Waals surface area contributed by atoms with E-state index in [4.69, 9.17) is 29.9 Å². The summed E-state index contributed by atoms with van der Waals surface area (Å²) in [4.78, 5) is 14.8. The molecule has 0 spiro atoms.